The summed E-state index contributed by atoms with van der Waals surface area (Å²) < 4.78 is 43.3. The average Bonchev–Trinajstić information content (AvgIpc) is 2.75. The fraction of sp³-hybridized carbons (Fsp3) is 0.357. The molecule has 2 rings (SSSR count). The van der Waals surface area contributed by atoms with Crippen molar-refractivity contribution in [3.8, 4) is 0 Å². The zero-order valence-electron chi connectivity index (χ0n) is 13.1. The van der Waals surface area contributed by atoms with Crippen molar-refractivity contribution < 1.29 is 22.7 Å². The van der Waals surface area contributed by atoms with Crippen LogP contribution >= 0.6 is 11.6 Å². The Labute approximate surface area is 141 Å². The molecule has 1 aromatic heterocycles. The Hall–Kier alpha value is -2.29. The lowest BCUT2D eigenvalue weighted by Crippen LogP contribution is -2.24. The van der Waals surface area contributed by atoms with Crippen molar-refractivity contribution in [2.45, 2.75) is 13.1 Å². The highest BCUT2D eigenvalue weighted by Crippen LogP contribution is 2.35. The van der Waals surface area contributed by atoms with Gasteiger partial charge in [-0.05, 0) is 13.0 Å². The Kier molecular flexibility index (Phi) is 5.02. The number of anilines is 1. The van der Waals surface area contributed by atoms with Crippen LogP contribution < -0.4 is 5.01 Å². The molecule has 0 N–H and O–H groups in total. The van der Waals surface area contributed by atoms with Gasteiger partial charge in [-0.3, -0.25) is 4.79 Å². The summed E-state index contributed by atoms with van der Waals surface area (Å²) in [7, 11) is 3.41. The Morgan fingerprint density at radius 1 is 1.42 bits per heavy atom. The predicted molar refractivity (Wildman–Crippen MR) is 82.6 cm³/mol. The first kappa shape index (κ1) is 18.1. The van der Waals surface area contributed by atoms with Gasteiger partial charge in [0.1, 0.15) is 5.57 Å². The number of alkyl halides is 3. The second kappa shape index (κ2) is 6.68. The molecule has 1 aliphatic heterocycles. The molecule has 0 atom stereocenters. The molecule has 24 heavy (non-hydrogen) atoms. The van der Waals surface area contributed by atoms with Crippen LogP contribution in [0.1, 0.15) is 12.5 Å². The van der Waals surface area contributed by atoms with E-state index in [9.17, 15) is 18.0 Å². The van der Waals surface area contributed by atoms with E-state index in [-0.39, 0.29) is 28.9 Å². The first-order valence-corrected chi connectivity index (χ1v) is 7.20. The molecule has 1 aliphatic rings. The van der Waals surface area contributed by atoms with Gasteiger partial charge in [0.25, 0.3) is 5.91 Å². The Morgan fingerprint density at radius 2 is 2.08 bits per heavy atom. The molecule has 1 amide bonds. The van der Waals surface area contributed by atoms with E-state index in [0.29, 0.717) is 12.3 Å². The summed E-state index contributed by atoms with van der Waals surface area (Å²) in [5.41, 5.74) is -0.861. The minimum Gasteiger partial charge on any atom is -0.476 e. The van der Waals surface area contributed by atoms with Crippen LogP contribution in [0, 0.1) is 0 Å². The Bertz CT molecular complexity index is 716. The van der Waals surface area contributed by atoms with Crippen molar-refractivity contribution in [3.63, 3.8) is 0 Å². The summed E-state index contributed by atoms with van der Waals surface area (Å²) in [5, 5.41) is 4.45. The SMILES string of the molecule is CCOC1=NN(c2ncc(C(F)(F)F)cc2Cl)C(=O)C1=CN(C)C. The predicted octanol–water partition coefficient (Wildman–Crippen LogP) is 2.90. The Balaban J connectivity index is 2.44. The molecule has 0 radical (unpaired) electrons. The van der Waals surface area contributed by atoms with Gasteiger partial charge in [0.05, 0.1) is 17.2 Å². The van der Waals surface area contributed by atoms with Gasteiger partial charge in [-0.1, -0.05) is 11.6 Å². The van der Waals surface area contributed by atoms with Gasteiger partial charge in [-0.15, -0.1) is 5.10 Å². The second-order valence-corrected chi connectivity index (χ2v) is 5.40. The van der Waals surface area contributed by atoms with Crippen molar-refractivity contribution in [3.05, 3.63) is 34.6 Å². The monoisotopic (exact) mass is 362 g/mol. The molecule has 10 heteroatoms. The van der Waals surface area contributed by atoms with E-state index in [2.05, 4.69) is 10.1 Å². The van der Waals surface area contributed by atoms with E-state index >= 15 is 0 Å². The van der Waals surface area contributed by atoms with Crippen LogP contribution in [0.15, 0.2) is 29.1 Å². The van der Waals surface area contributed by atoms with Gasteiger partial charge in [0.2, 0.25) is 5.90 Å². The molecule has 0 fully saturated rings. The number of carbonyl (C=O) groups is 1. The molecule has 0 unspecified atom stereocenters. The number of rotatable bonds is 3. The molecule has 0 spiro atoms. The number of ether oxygens (including phenoxy) is 1. The van der Waals surface area contributed by atoms with E-state index in [4.69, 9.17) is 16.3 Å². The van der Waals surface area contributed by atoms with Crippen LogP contribution in [0.4, 0.5) is 19.0 Å². The molecule has 6 nitrogen and oxygen atoms in total. The smallest absolute Gasteiger partial charge is 0.417 e. The van der Waals surface area contributed by atoms with Crippen LogP contribution in [0.25, 0.3) is 0 Å². The summed E-state index contributed by atoms with van der Waals surface area (Å²) >= 11 is 5.86. The Morgan fingerprint density at radius 3 is 2.58 bits per heavy atom. The molecule has 0 aliphatic carbocycles. The number of halogens is 4. The largest absolute Gasteiger partial charge is 0.476 e. The van der Waals surface area contributed by atoms with E-state index in [1.807, 2.05) is 0 Å². The first-order valence-electron chi connectivity index (χ1n) is 6.82. The summed E-state index contributed by atoms with van der Waals surface area (Å²) in [4.78, 5) is 17.7. The fourth-order valence-electron chi connectivity index (χ4n) is 1.89. The van der Waals surface area contributed by atoms with Gasteiger partial charge >= 0.3 is 6.18 Å². The standard InChI is InChI=1S/C14H14ClF3N4O2/c1-4-24-12-9(7-21(2)3)13(23)22(20-12)11-10(15)5-8(6-19-11)14(16,17)18/h5-7H,4H2,1-3H3. The molecule has 0 aromatic carbocycles. The molecule has 0 bridgehead atoms. The number of nitrogens with zero attached hydrogens (tertiary/aromatic N) is 4. The quantitative estimate of drug-likeness (QED) is 0.776. The summed E-state index contributed by atoms with van der Waals surface area (Å²) in [6, 6.07) is 0.695. The molecule has 2 heterocycles. The van der Waals surface area contributed by atoms with Crippen LogP contribution in [-0.2, 0) is 15.7 Å². The summed E-state index contributed by atoms with van der Waals surface area (Å²) in [6.07, 6.45) is -2.49. The molecule has 130 valence electrons. The molecular weight excluding hydrogens is 349 g/mol. The molecule has 0 saturated heterocycles. The van der Waals surface area contributed by atoms with Gasteiger partial charge < -0.3 is 9.64 Å². The van der Waals surface area contributed by atoms with Crippen molar-refractivity contribution >= 4 is 29.2 Å². The number of hydrogen-bond donors (Lipinski definition) is 0. The summed E-state index contributed by atoms with van der Waals surface area (Å²) in [5.74, 6) is -0.746. The molecule has 1 aromatic rings. The third kappa shape index (κ3) is 3.61. The number of carbonyl (C=O) groups excluding carboxylic acids is 1. The van der Waals surface area contributed by atoms with Crippen LogP contribution in [-0.4, -0.2) is 42.4 Å². The van der Waals surface area contributed by atoms with E-state index in [0.717, 1.165) is 5.01 Å². The molecule has 0 saturated carbocycles. The van der Waals surface area contributed by atoms with E-state index < -0.39 is 17.6 Å². The van der Waals surface area contributed by atoms with Gasteiger partial charge in [0, 0.05) is 26.5 Å². The van der Waals surface area contributed by atoms with E-state index in [1.165, 1.54) is 6.20 Å². The van der Waals surface area contributed by atoms with Gasteiger partial charge in [0.15, 0.2) is 5.82 Å². The lowest BCUT2D eigenvalue weighted by Gasteiger charge is -2.14. The van der Waals surface area contributed by atoms with Crippen LogP contribution in [0.5, 0.6) is 0 Å². The van der Waals surface area contributed by atoms with Gasteiger partial charge in [-0.25, -0.2) is 4.98 Å². The maximum absolute atomic E-state index is 12.7. The topological polar surface area (TPSA) is 58.0 Å². The van der Waals surface area contributed by atoms with Crippen LogP contribution in [0.3, 0.4) is 0 Å². The minimum atomic E-state index is -4.58. The lowest BCUT2D eigenvalue weighted by atomic mass is 10.2. The van der Waals surface area contributed by atoms with E-state index in [1.54, 1.807) is 25.9 Å². The van der Waals surface area contributed by atoms with Crippen LogP contribution in [0.2, 0.25) is 5.02 Å². The zero-order chi connectivity index (χ0) is 18.1. The number of amides is 1. The number of hydrazone groups is 1. The second-order valence-electron chi connectivity index (χ2n) is 4.99. The first-order chi connectivity index (χ1) is 11.1. The fourth-order valence-corrected chi connectivity index (χ4v) is 2.14. The highest BCUT2D eigenvalue weighted by atomic mass is 35.5. The zero-order valence-corrected chi connectivity index (χ0v) is 13.8. The molecular formula is C14H14ClF3N4O2. The van der Waals surface area contributed by atoms with Gasteiger partial charge in [-0.2, -0.15) is 18.2 Å². The third-order valence-corrected chi connectivity index (χ3v) is 3.14. The highest BCUT2D eigenvalue weighted by molar-refractivity contribution is 6.35. The summed E-state index contributed by atoms with van der Waals surface area (Å²) in [6.45, 7) is 1.98. The lowest BCUT2D eigenvalue weighted by molar-refractivity contribution is -0.137. The number of hydrogen-bond acceptors (Lipinski definition) is 5. The minimum absolute atomic E-state index is 0.0500. The number of aromatic nitrogens is 1. The maximum Gasteiger partial charge on any atom is 0.417 e. The van der Waals surface area contributed by atoms with Crippen molar-refractivity contribution in [2.75, 3.05) is 25.7 Å². The van der Waals surface area contributed by atoms with Crippen molar-refractivity contribution in [1.29, 1.82) is 0 Å². The average molecular weight is 363 g/mol. The van der Waals surface area contributed by atoms with Crippen molar-refractivity contribution in [1.82, 2.24) is 9.88 Å². The highest BCUT2D eigenvalue weighted by Gasteiger charge is 2.37. The maximum atomic E-state index is 12.7. The van der Waals surface area contributed by atoms with Crippen molar-refractivity contribution in [2.24, 2.45) is 5.10 Å². The third-order valence-electron chi connectivity index (χ3n) is 2.86. The number of pyridine rings is 1. The normalized spacial score (nSPS) is 16.6.